The van der Waals surface area contributed by atoms with E-state index in [0.717, 1.165) is 22.6 Å². The Balaban J connectivity index is 1.54. The van der Waals surface area contributed by atoms with E-state index in [1.54, 1.807) is 7.11 Å². The predicted molar refractivity (Wildman–Crippen MR) is 110 cm³/mol. The van der Waals surface area contributed by atoms with Gasteiger partial charge in [-0.3, -0.25) is 4.79 Å². The van der Waals surface area contributed by atoms with Gasteiger partial charge in [0, 0.05) is 11.8 Å². The summed E-state index contributed by atoms with van der Waals surface area (Å²) in [5.41, 5.74) is 4.27. The lowest BCUT2D eigenvalue weighted by molar-refractivity contribution is -0.120. The van der Waals surface area contributed by atoms with Crippen LogP contribution in [0.1, 0.15) is 18.5 Å². The summed E-state index contributed by atoms with van der Waals surface area (Å²) < 4.78 is 5.19. The van der Waals surface area contributed by atoms with Crippen molar-refractivity contribution in [3.8, 4) is 16.9 Å². The zero-order chi connectivity index (χ0) is 19.1. The first kappa shape index (κ1) is 18.5. The predicted octanol–water partition coefficient (Wildman–Crippen LogP) is 4.65. The van der Waals surface area contributed by atoms with E-state index in [2.05, 4.69) is 47.0 Å². The molecular formula is C23H24N2O2. The minimum Gasteiger partial charge on any atom is -0.497 e. The number of amides is 1. The molecule has 27 heavy (non-hydrogen) atoms. The van der Waals surface area contributed by atoms with Crippen molar-refractivity contribution >= 4 is 11.6 Å². The quantitative estimate of drug-likeness (QED) is 0.645. The molecule has 0 aromatic heterocycles. The maximum atomic E-state index is 12.2. The zero-order valence-electron chi connectivity index (χ0n) is 15.6. The molecule has 138 valence electrons. The number of hydrogen-bond acceptors (Lipinski definition) is 3. The molecule has 0 fully saturated rings. The fourth-order valence-electron chi connectivity index (χ4n) is 2.89. The standard InChI is InChI=1S/C23H24N2O2/c1-17(18-11-13-20(14-12-18)19-7-4-3-5-8-19)25-23(26)16-24-21-9-6-10-22(15-21)27-2/h3-15,17,24H,16H2,1-2H3,(H,25,26). The Kier molecular flexibility index (Phi) is 6.10. The maximum Gasteiger partial charge on any atom is 0.239 e. The third-order valence-corrected chi connectivity index (χ3v) is 4.42. The third kappa shape index (κ3) is 5.11. The molecule has 0 saturated carbocycles. The van der Waals surface area contributed by atoms with Crippen LogP contribution in [0, 0.1) is 0 Å². The molecule has 0 aliphatic heterocycles. The van der Waals surface area contributed by atoms with Crippen LogP contribution in [0.25, 0.3) is 11.1 Å². The molecule has 0 heterocycles. The molecule has 0 aliphatic rings. The van der Waals surface area contributed by atoms with Crippen molar-refractivity contribution in [3.63, 3.8) is 0 Å². The topological polar surface area (TPSA) is 50.4 Å². The molecule has 1 amide bonds. The summed E-state index contributed by atoms with van der Waals surface area (Å²) >= 11 is 0. The molecule has 1 unspecified atom stereocenters. The van der Waals surface area contributed by atoms with Crippen LogP contribution in [0.2, 0.25) is 0 Å². The van der Waals surface area contributed by atoms with Gasteiger partial charge < -0.3 is 15.4 Å². The number of nitrogens with one attached hydrogen (secondary N) is 2. The molecule has 0 aliphatic carbocycles. The minimum absolute atomic E-state index is 0.0579. The van der Waals surface area contributed by atoms with E-state index < -0.39 is 0 Å². The van der Waals surface area contributed by atoms with Gasteiger partial charge in [0.05, 0.1) is 19.7 Å². The first-order valence-electron chi connectivity index (χ1n) is 8.98. The Morgan fingerprint density at radius 2 is 1.63 bits per heavy atom. The Labute approximate surface area is 160 Å². The van der Waals surface area contributed by atoms with Crippen LogP contribution in [0.3, 0.4) is 0 Å². The number of carbonyl (C=O) groups is 1. The molecule has 4 nitrogen and oxygen atoms in total. The largest absolute Gasteiger partial charge is 0.497 e. The van der Waals surface area contributed by atoms with Crippen LogP contribution in [-0.4, -0.2) is 19.6 Å². The average Bonchev–Trinajstić information content (AvgIpc) is 2.73. The van der Waals surface area contributed by atoms with Crippen LogP contribution in [0.4, 0.5) is 5.69 Å². The Morgan fingerprint density at radius 3 is 2.33 bits per heavy atom. The Morgan fingerprint density at radius 1 is 0.926 bits per heavy atom. The summed E-state index contributed by atoms with van der Waals surface area (Å²) in [5, 5.41) is 6.14. The van der Waals surface area contributed by atoms with Crippen molar-refractivity contribution in [2.24, 2.45) is 0 Å². The van der Waals surface area contributed by atoms with Crippen molar-refractivity contribution in [2.75, 3.05) is 19.0 Å². The van der Waals surface area contributed by atoms with E-state index >= 15 is 0 Å². The molecule has 3 aromatic carbocycles. The monoisotopic (exact) mass is 360 g/mol. The van der Waals surface area contributed by atoms with Crippen LogP contribution in [0.15, 0.2) is 78.9 Å². The number of methoxy groups -OCH3 is 1. The Bertz CT molecular complexity index is 876. The number of ether oxygens (including phenoxy) is 1. The van der Waals surface area contributed by atoms with E-state index in [9.17, 15) is 4.79 Å². The molecule has 3 rings (SSSR count). The molecule has 0 saturated heterocycles. The summed E-state index contributed by atoms with van der Waals surface area (Å²) in [7, 11) is 1.62. The molecular weight excluding hydrogens is 336 g/mol. The number of rotatable bonds is 7. The van der Waals surface area contributed by atoms with Gasteiger partial charge in [-0.1, -0.05) is 60.7 Å². The normalized spacial score (nSPS) is 11.5. The fraction of sp³-hybridized carbons (Fsp3) is 0.174. The van der Waals surface area contributed by atoms with Crippen molar-refractivity contribution in [3.05, 3.63) is 84.4 Å². The van der Waals surface area contributed by atoms with Crippen LogP contribution in [0.5, 0.6) is 5.75 Å². The van der Waals surface area contributed by atoms with Gasteiger partial charge in [0.2, 0.25) is 5.91 Å². The zero-order valence-corrected chi connectivity index (χ0v) is 15.6. The average molecular weight is 360 g/mol. The molecule has 0 spiro atoms. The second-order valence-corrected chi connectivity index (χ2v) is 6.36. The number of hydrogen-bond donors (Lipinski definition) is 2. The molecule has 0 radical (unpaired) electrons. The molecule has 3 aromatic rings. The second-order valence-electron chi connectivity index (χ2n) is 6.36. The van der Waals surface area contributed by atoms with Crippen molar-refractivity contribution in [2.45, 2.75) is 13.0 Å². The molecule has 4 heteroatoms. The van der Waals surface area contributed by atoms with Gasteiger partial charge in [-0.15, -0.1) is 0 Å². The van der Waals surface area contributed by atoms with Gasteiger partial charge >= 0.3 is 0 Å². The van der Waals surface area contributed by atoms with Crippen molar-refractivity contribution in [1.29, 1.82) is 0 Å². The number of anilines is 1. The Hall–Kier alpha value is -3.27. The smallest absolute Gasteiger partial charge is 0.239 e. The number of carbonyl (C=O) groups excluding carboxylic acids is 1. The fourth-order valence-corrected chi connectivity index (χ4v) is 2.89. The van der Waals surface area contributed by atoms with Gasteiger partial charge in [0.15, 0.2) is 0 Å². The summed E-state index contributed by atoms with van der Waals surface area (Å²) in [5.74, 6) is 0.699. The maximum absolute atomic E-state index is 12.2. The van der Waals surface area contributed by atoms with Gasteiger partial charge in [-0.25, -0.2) is 0 Å². The second kappa shape index (κ2) is 8.90. The number of benzene rings is 3. The lowest BCUT2D eigenvalue weighted by Gasteiger charge is -2.16. The lowest BCUT2D eigenvalue weighted by atomic mass is 10.0. The minimum atomic E-state index is -0.0607. The highest BCUT2D eigenvalue weighted by Crippen LogP contribution is 2.22. The summed E-state index contributed by atoms with van der Waals surface area (Å²) in [6, 6.07) is 26.0. The van der Waals surface area contributed by atoms with Gasteiger partial charge in [-0.2, -0.15) is 0 Å². The van der Waals surface area contributed by atoms with Gasteiger partial charge in [0.1, 0.15) is 5.75 Å². The molecule has 0 bridgehead atoms. The molecule has 2 N–H and O–H groups in total. The highest BCUT2D eigenvalue weighted by molar-refractivity contribution is 5.81. The van der Waals surface area contributed by atoms with E-state index in [4.69, 9.17) is 4.74 Å². The lowest BCUT2D eigenvalue weighted by Crippen LogP contribution is -2.32. The highest BCUT2D eigenvalue weighted by atomic mass is 16.5. The first-order valence-corrected chi connectivity index (χ1v) is 8.98. The van der Waals surface area contributed by atoms with E-state index in [1.165, 1.54) is 5.56 Å². The summed E-state index contributed by atoms with van der Waals surface area (Å²) in [6.07, 6.45) is 0. The van der Waals surface area contributed by atoms with Gasteiger partial charge in [-0.05, 0) is 35.7 Å². The van der Waals surface area contributed by atoms with Gasteiger partial charge in [0.25, 0.3) is 0 Å². The highest BCUT2D eigenvalue weighted by Gasteiger charge is 2.10. The van der Waals surface area contributed by atoms with Crippen LogP contribution in [-0.2, 0) is 4.79 Å². The summed E-state index contributed by atoms with van der Waals surface area (Å²) in [6.45, 7) is 2.20. The summed E-state index contributed by atoms with van der Waals surface area (Å²) in [4.78, 5) is 12.2. The van der Waals surface area contributed by atoms with E-state index in [0.29, 0.717) is 0 Å². The van der Waals surface area contributed by atoms with E-state index in [-0.39, 0.29) is 18.5 Å². The van der Waals surface area contributed by atoms with Crippen LogP contribution >= 0.6 is 0 Å². The van der Waals surface area contributed by atoms with E-state index in [1.807, 2.05) is 49.4 Å². The first-order chi connectivity index (χ1) is 13.2. The van der Waals surface area contributed by atoms with Crippen molar-refractivity contribution in [1.82, 2.24) is 5.32 Å². The van der Waals surface area contributed by atoms with Crippen LogP contribution < -0.4 is 15.4 Å². The third-order valence-electron chi connectivity index (χ3n) is 4.42. The SMILES string of the molecule is COc1cccc(NCC(=O)NC(C)c2ccc(-c3ccccc3)cc2)c1. The van der Waals surface area contributed by atoms with Crippen molar-refractivity contribution < 1.29 is 9.53 Å². The molecule has 1 atom stereocenters.